The van der Waals surface area contributed by atoms with E-state index in [-0.39, 0.29) is 16.9 Å². The van der Waals surface area contributed by atoms with Gasteiger partial charge in [0, 0.05) is 17.0 Å². The highest BCUT2D eigenvalue weighted by molar-refractivity contribution is 6.25. The zero-order valence-corrected chi connectivity index (χ0v) is 23.3. The zero-order valence-electron chi connectivity index (χ0n) is 23.3. The summed E-state index contributed by atoms with van der Waals surface area (Å²) < 4.78 is 0. The van der Waals surface area contributed by atoms with Crippen LogP contribution in [0.1, 0.15) is 69.4 Å². The smallest absolute Gasteiger partial charge is 0.258 e. The quantitative estimate of drug-likeness (QED) is 0.306. The molecule has 6 atom stereocenters. The molecule has 4 aliphatic rings. The summed E-state index contributed by atoms with van der Waals surface area (Å²) in [7, 11) is 3.07. The van der Waals surface area contributed by atoms with Crippen LogP contribution in [-0.4, -0.2) is 85.3 Å². The van der Waals surface area contributed by atoms with Gasteiger partial charge in [0.15, 0.2) is 11.4 Å². The third-order valence-corrected chi connectivity index (χ3v) is 9.84. The van der Waals surface area contributed by atoms with E-state index in [0.717, 1.165) is 19.3 Å². The molecule has 0 spiro atoms. The van der Waals surface area contributed by atoms with Gasteiger partial charge in [0.05, 0.1) is 23.6 Å². The maximum absolute atomic E-state index is 14.2. The molecule has 1 aromatic carbocycles. The van der Waals surface area contributed by atoms with Crippen LogP contribution in [0.2, 0.25) is 0 Å². The highest BCUT2D eigenvalue weighted by Gasteiger charge is 2.68. The molecule has 2 fully saturated rings. The first-order valence-corrected chi connectivity index (χ1v) is 14.0. The van der Waals surface area contributed by atoms with Gasteiger partial charge in [-0.25, -0.2) is 0 Å². The van der Waals surface area contributed by atoms with Gasteiger partial charge in [0.2, 0.25) is 5.78 Å². The number of phenols is 1. The number of carbonyl (C=O) groups is 3. The molecule has 0 aromatic heterocycles. The lowest BCUT2D eigenvalue weighted by Crippen LogP contribution is -2.70. The van der Waals surface area contributed by atoms with E-state index >= 15 is 0 Å². The van der Waals surface area contributed by atoms with Gasteiger partial charge in [-0.1, -0.05) is 45.2 Å². The van der Waals surface area contributed by atoms with Gasteiger partial charge in [-0.2, -0.15) is 0 Å². The lowest BCUT2D eigenvalue weighted by Gasteiger charge is -2.54. The molecular formula is C30H38N2O8. The third kappa shape index (κ3) is 3.76. The number of hydrogen-bond acceptors (Lipinski definition) is 9. The number of Topliss-reactive ketones (excluding diaryl/α,β-unsaturated/α-hetero) is 2. The Labute approximate surface area is 233 Å². The Morgan fingerprint density at radius 3 is 2.35 bits per heavy atom. The van der Waals surface area contributed by atoms with Crippen molar-refractivity contribution in [1.29, 1.82) is 0 Å². The molecule has 5 rings (SSSR count). The molecule has 0 bridgehead atoms. The molecule has 0 heterocycles. The monoisotopic (exact) mass is 554 g/mol. The van der Waals surface area contributed by atoms with Gasteiger partial charge >= 0.3 is 0 Å². The molecule has 1 aromatic rings. The lowest BCUT2D eigenvalue weighted by atomic mass is 9.54. The molecule has 10 nitrogen and oxygen atoms in total. The van der Waals surface area contributed by atoms with Gasteiger partial charge in [0.1, 0.15) is 22.8 Å². The number of carbonyl (C=O) groups excluding carboxylic acids is 3. The summed E-state index contributed by atoms with van der Waals surface area (Å²) in [5.41, 5.74) is -4.04. The Morgan fingerprint density at radius 1 is 1.10 bits per heavy atom. The molecule has 0 aliphatic heterocycles. The van der Waals surface area contributed by atoms with E-state index in [2.05, 4.69) is 5.32 Å². The number of ketones is 2. The van der Waals surface area contributed by atoms with Gasteiger partial charge in [-0.05, 0) is 50.9 Å². The average molecular weight is 555 g/mol. The Bertz CT molecular complexity index is 1340. The van der Waals surface area contributed by atoms with Crippen LogP contribution in [0.3, 0.4) is 0 Å². The number of aliphatic hydroxyl groups is 4. The average Bonchev–Trinajstić information content (AvgIpc) is 2.91. The Morgan fingerprint density at radius 2 is 1.75 bits per heavy atom. The standard InChI is InChI=1S/C30H38N2O8/c1-5-29(12-7-6-8-13-29)31-28(39)20-25(36)22(32(3)4)21-24(35)17-14(2)15-10-9-11-16(33)18(15)23(34)19(17)26(37)30(21,40)27(20)38/h9-11,14,17,21-22,24,33-35,38,40H,5-8,12-13H2,1-4H3,(H,31,39)/t14-,17+,21+,22?,24-,30-/m0/s1. The molecule has 10 heteroatoms. The summed E-state index contributed by atoms with van der Waals surface area (Å²) in [6.45, 7) is 3.65. The van der Waals surface area contributed by atoms with Crippen molar-refractivity contribution in [2.75, 3.05) is 14.1 Å². The SMILES string of the molecule is CCC1(NC(=O)C2=C(O)[C@@]3(O)C(=O)C4=C(O)c5c(O)cccc5[C@H](C)[C@H]4[C@H](O)[C@H]3C(N(C)C)C2=O)CCCCC1. The van der Waals surface area contributed by atoms with Crippen molar-refractivity contribution in [3.8, 4) is 5.75 Å². The van der Waals surface area contributed by atoms with Crippen molar-refractivity contribution in [3.63, 3.8) is 0 Å². The predicted molar refractivity (Wildman–Crippen MR) is 145 cm³/mol. The summed E-state index contributed by atoms with van der Waals surface area (Å²) in [5, 5.41) is 60.0. The molecule has 40 heavy (non-hydrogen) atoms. The number of amides is 1. The second-order valence-corrected chi connectivity index (χ2v) is 12.1. The summed E-state index contributed by atoms with van der Waals surface area (Å²) in [6.07, 6.45) is 3.24. The van der Waals surface area contributed by atoms with Crippen molar-refractivity contribution in [3.05, 3.63) is 46.2 Å². The van der Waals surface area contributed by atoms with Crippen molar-refractivity contribution >= 4 is 23.2 Å². The molecule has 216 valence electrons. The van der Waals surface area contributed by atoms with Crippen LogP contribution in [0.5, 0.6) is 5.75 Å². The number of phenolic OH excluding ortho intramolecular Hbond substituents is 1. The Hall–Kier alpha value is -3.21. The minimum Gasteiger partial charge on any atom is -0.508 e. The second kappa shape index (κ2) is 9.71. The largest absolute Gasteiger partial charge is 0.508 e. The zero-order chi connectivity index (χ0) is 29.3. The fourth-order valence-corrected chi connectivity index (χ4v) is 7.66. The van der Waals surface area contributed by atoms with E-state index in [9.17, 15) is 39.9 Å². The number of rotatable bonds is 4. The molecule has 1 unspecified atom stereocenters. The van der Waals surface area contributed by atoms with Gasteiger partial charge in [-0.3, -0.25) is 19.3 Å². The molecule has 4 aliphatic carbocycles. The first-order valence-electron chi connectivity index (χ1n) is 14.0. The van der Waals surface area contributed by atoms with Crippen LogP contribution in [0.4, 0.5) is 0 Å². The molecule has 2 saturated carbocycles. The predicted octanol–water partition coefficient (Wildman–Crippen LogP) is 2.24. The fraction of sp³-hybridized carbons (Fsp3) is 0.567. The van der Waals surface area contributed by atoms with Crippen LogP contribution in [0, 0.1) is 11.8 Å². The molecule has 6 N–H and O–H groups in total. The number of benzene rings is 1. The van der Waals surface area contributed by atoms with E-state index in [1.807, 2.05) is 6.92 Å². The third-order valence-electron chi connectivity index (χ3n) is 9.84. The van der Waals surface area contributed by atoms with E-state index in [4.69, 9.17) is 0 Å². The van der Waals surface area contributed by atoms with E-state index in [0.29, 0.717) is 24.8 Å². The van der Waals surface area contributed by atoms with Crippen LogP contribution in [0.15, 0.2) is 35.1 Å². The van der Waals surface area contributed by atoms with E-state index < -0.39 is 75.6 Å². The van der Waals surface area contributed by atoms with Gasteiger partial charge in [-0.15, -0.1) is 0 Å². The van der Waals surface area contributed by atoms with E-state index in [1.54, 1.807) is 19.1 Å². The molecular weight excluding hydrogens is 516 g/mol. The first kappa shape index (κ1) is 28.3. The summed E-state index contributed by atoms with van der Waals surface area (Å²) in [5.74, 6) is -8.00. The minimum absolute atomic E-state index is 0.00326. The first-order chi connectivity index (χ1) is 18.8. The number of hydrogen-bond donors (Lipinski definition) is 6. The Balaban J connectivity index is 1.70. The normalized spacial score (nSPS) is 33.4. The van der Waals surface area contributed by atoms with Crippen LogP contribution >= 0.6 is 0 Å². The number of fused-ring (bicyclic) bond motifs is 3. The summed E-state index contributed by atoms with van der Waals surface area (Å²) in [6, 6.07) is 3.26. The minimum atomic E-state index is -2.87. The highest BCUT2D eigenvalue weighted by Crippen LogP contribution is 2.56. The molecule has 0 saturated heterocycles. The van der Waals surface area contributed by atoms with Gasteiger partial charge < -0.3 is 30.8 Å². The van der Waals surface area contributed by atoms with Gasteiger partial charge in [0.25, 0.3) is 5.91 Å². The van der Waals surface area contributed by atoms with Crippen LogP contribution in [0.25, 0.3) is 5.76 Å². The number of aromatic hydroxyl groups is 1. The summed E-state index contributed by atoms with van der Waals surface area (Å²) in [4.78, 5) is 43.2. The Kier molecular flexibility index (Phi) is 6.88. The maximum atomic E-state index is 14.2. The summed E-state index contributed by atoms with van der Waals surface area (Å²) >= 11 is 0. The van der Waals surface area contributed by atoms with Crippen molar-refractivity contribution in [2.24, 2.45) is 11.8 Å². The second-order valence-electron chi connectivity index (χ2n) is 12.1. The molecule has 1 amide bonds. The number of likely N-dealkylation sites (N-methyl/N-ethyl adjacent to an activating group) is 1. The van der Waals surface area contributed by atoms with Crippen molar-refractivity contribution < 1.29 is 39.9 Å². The topological polar surface area (TPSA) is 168 Å². The van der Waals surface area contributed by atoms with Crippen LogP contribution < -0.4 is 5.32 Å². The number of aliphatic hydroxyl groups excluding tert-OH is 3. The van der Waals surface area contributed by atoms with Crippen molar-refractivity contribution in [2.45, 2.75) is 81.6 Å². The maximum Gasteiger partial charge on any atom is 0.258 e. The number of nitrogens with one attached hydrogen (secondary N) is 1. The number of nitrogens with zero attached hydrogens (tertiary/aromatic N) is 1. The lowest BCUT2D eigenvalue weighted by molar-refractivity contribution is -0.169. The fourth-order valence-electron chi connectivity index (χ4n) is 7.66. The highest BCUT2D eigenvalue weighted by atomic mass is 16.4. The van der Waals surface area contributed by atoms with Crippen molar-refractivity contribution in [1.82, 2.24) is 10.2 Å². The van der Waals surface area contributed by atoms with Crippen LogP contribution in [-0.2, 0) is 14.4 Å². The molecule has 0 radical (unpaired) electrons. The van der Waals surface area contributed by atoms with E-state index in [1.165, 1.54) is 25.1 Å².